The van der Waals surface area contributed by atoms with Crippen molar-refractivity contribution >= 4 is 12.0 Å². The van der Waals surface area contributed by atoms with Crippen molar-refractivity contribution in [2.45, 2.75) is 18.9 Å². The number of aliphatic carboxylic acids is 1. The molecule has 7 nitrogen and oxygen atoms in total. The Morgan fingerprint density at radius 2 is 1.83 bits per heavy atom. The maximum atomic E-state index is 11.7. The highest BCUT2D eigenvalue weighted by Crippen LogP contribution is 1.95. The van der Waals surface area contributed by atoms with E-state index in [9.17, 15) is 9.59 Å². The first-order valence-corrected chi connectivity index (χ1v) is 5.88. The third-order valence-electron chi connectivity index (χ3n) is 2.46. The molecule has 0 aromatic rings. The Morgan fingerprint density at radius 1 is 1.22 bits per heavy atom. The molecule has 0 aromatic heterocycles. The lowest BCUT2D eigenvalue weighted by Crippen LogP contribution is -2.47. The molecule has 1 unspecified atom stereocenters. The molecule has 0 bridgehead atoms. The van der Waals surface area contributed by atoms with Crippen molar-refractivity contribution in [3.63, 3.8) is 0 Å². The minimum Gasteiger partial charge on any atom is -0.480 e. The van der Waals surface area contributed by atoms with E-state index in [4.69, 9.17) is 10.2 Å². The minimum absolute atomic E-state index is 0.00656. The summed E-state index contributed by atoms with van der Waals surface area (Å²) >= 11 is 0. The second kappa shape index (κ2) is 8.71. The van der Waals surface area contributed by atoms with E-state index in [2.05, 4.69) is 5.32 Å². The maximum absolute atomic E-state index is 11.7. The molecule has 0 saturated carbocycles. The zero-order valence-corrected chi connectivity index (χ0v) is 11.2. The predicted octanol–water partition coefficient (Wildman–Crippen LogP) is -0.585. The molecule has 0 rings (SSSR count). The van der Waals surface area contributed by atoms with E-state index in [1.54, 1.807) is 7.05 Å². The summed E-state index contributed by atoms with van der Waals surface area (Å²) in [6.45, 7) is 1.13. The fourth-order valence-corrected chi connectivity index (χ4v) is 1.37. The number of aliphatic hydroxyl groups excluding tert-OH is 1. The van der Waals surface area contributed by atoms with Crippen LogP contribution < -0.4 is 5.32 Å². The molecule has 0 fully saturated rings. The first-order chi connectivity index (χ1) is 8.38. The highest BCUT2D eigenvalue weighted by molar-refractivity contribution is 5.82. The molecular formula is C11H23N3O4. The SMILES string of the molecule is CN(C)CCCN(C)C(=O)NC(CCO)C(=O)O. The van der Waals surface area contributed by atoms with Crippen LogP contribution in [-0.2, 0) is 4.79 Å². The van der Waals surface area contributed by atoms with E-state index < -0.39 is 18.0 Å². The minimum atomic E-state index is -1.14. The lowest BCUT2D eigenvalue weighted by atomic mass is 10.2. The number of urea groups is 1. The van der Waals surface area contributed by atoms with Gasteiger partial charge in [0.25, 0.3) is 0 Å². The van der Waals surface area contributed by atoms with Gasteiger partial charge in [-0.05, 0) is 27.1 Å². The van der Waals surface area contributed by atoms with Gasteiger partial charge >= 0.3 is 12.0 Å². The number of carboxylic acid groups (broad SMARTS) is 1. The predicted molar refractivity (Wildman–Crippen MR) is 67.5 cm³/mol. The van der Waals surface area contributed by atoms with Crippen LogP contribution in [0.2, 0.25) is 0 Å². The maximum Gasteiger partial charge on any atom is 0.326 e. The van der Waals surface area contributed by atoms with Crippen LogP contribution in [-0.4, -0.2) is 78.9 Å². The zero-order valence-electron chi connectivity index (χ0n) is 11.2. The highest BCUT2D eigenvalue weighted by Gasteiger charge is 2.20. The summed E-state index contributed by atoms with van der Waals surface area (Å²) in [5, 5.41) is 19.9. The monoisotopic (exact) mass is 261 g/mol. The van der Waals surface area contributed by atoms with Gasteiger partial charge in [0, 0.05) is 26.6 Å². The number of hydrogen-bond acceptors (Lipinski definition) is 4. The summed E-state index contributed by atoms with van der Waals surface area (Å²) < 4.78 is 0. The standard InChI is InChI=1S/C11H23N3O4/c1-13(2)6-4-7-14(3)11(18)12-9(5-8-15)10(16)17/h9,15H,4-8H2,1-3H3,(H,12,18)(H,16,17). The molecule has 2 amide bonds. The van der Waals surface area contributed by atoms with Gasteiger partial charge in [0.2, 0.25) is 0 Å². The zero-order chi connectivity index (χ0) is 14.1. The summed E-state index contributed by atoms with van der Waals surface area (Å²) in [4.78, 5) is 25.9. The average molecular weight is 261 g/mol. The normalized spacial score (nSPS) is 12.3. The van der Waals surface area contributed by atoms with E-state index in [1.807, 2.05) is 19.0 Å². The smallest absolute Gasteiger partial charge is 0.326 e. The van der Waals surface area contributed by atoms with Crippen LogP contribution in [0.5, 0.6) is 0 Å². The van der Waals surface area contributed by atoms with E-state index >= 15 is 0 Å². The molecule has 0 radical (unpaired) electrons. The van der Waals surface area contributed by atoms with E-state index in [1.165, 1.54) is 4.90 Å². The van der Waals surface area contributed by atoms with Gasteiger partial charge in [-0.15, -0.1) is 0 Å². The first kappa shape index (κ1) is 16.7. The molecule has 1 atom stereocenters. The number of carbonyl (C=O) groups is 2. The van der Waals surface area contributed by atoms with Crippen molar-refractivity contribution in [1.82, 2.24) is 15.1 Å². The number of nitrogens with zero attached hydrogens (tertiary/aromatic N) is 2. The second-order valence-electron chi connectivity index (χ2n) is 4.43. The van der Waals surface area contributed by atoms with Crippen LogP contribution in [0.25, 0.3) is 0 Å². The Kier molecular flexibility index (Phi) is 8.06. The average Bonchev–Trinajstić information content (AvgIpc) is 2.27. The lowest BCUT2D eigenvalue weighted by molar-refractivity contribution is -0.139. The molecule has 0 spiro atoms. The summed E-state index contributed by atoms with van der Waals surface area (Å²) in [5.74, 6) is -1.14. The summed E-state index contributed by atoms with van der Waals surface area (Å²) in [5.41, 5.74) is 0. The van der Waals surface area contributed by atoms with Crippen molar-refractivity contribution in [1.29, 1.82) is 0 Å². The molecule has 0 heterocycles. The Bertz CT molecular complexity index is 271. The van der Waals surface area contributed by atoms with Crippen LogP contribution in [0.1, 0.15) is 12.8 Å². The number of amides is 2. The van der Waals surface area contributed by atoms with Crippen molar-refractivity contribution < 1.29 is 19.8 Å². The van der Waals surface area contributed by atoms with Crippen LogP contribution in [0.4, 0.5) is 4.79 Å². The van der Waals surface area contributed by atoms with Gasteiger partial charge in [-0.25, -0.2) is 9.59 Å². The fourth-order valence-electron chi connectivity index (χ4n) is 1.37. The molecule has 0 aromatic carbocycles. The Hall–Kier alpha value is -1.34. The Labute approximate surface area is 107 Å². The summed E-state index contributed by atoms with van der Waals surface area (Å²) in [7, 11) is 5.51. The van der Waals surface area contributed by atoms with Crippen molar-refractivity contribution in [2.75, 3.05) is 40.8 Å². The van der Waals surface area contributed by atoms with Gasteiger partial charge < -0.3 is 25.3 Å². The molecule has 0 aliphatic heterocycles. The van der Waals surface area contributed by atoms with Gasteiger partial charge in [0.15, 0.2) is 0 Å². The van der Waals surface area contributed by atoms with Crippen LogP contribution >= 0.6 is 0 Å². The van der Waals surface area contributed by atoms with Crippen molar-refractivity contribution in [3.05, 3.63) is 0 Å². The Morgan fingerprint density at radius 3 is 2.28 bits per heavy atom. The quantitative estimate of drug-likeness (QED) is 0.543. The van der Waals surface area contributed by atoms with Gasteiger partial charge in [0.05, 0.1) is 0 Å². The molecule has 106 valence electrons. The van der Waals surface area contributed by atoms with Crippen LogP contribution in [0, 0.1) is 0 Å². The topological polar surface area (TPSA) is 93.1 Å². The second-order valence-corrected chi connectivity index (χ2v) is 4.43. The number of nitrogens with one attached hydrogen (secondary N) is 1. The van der Waals surface area contributed by atoms with Crippen molar-refractivity contribution in [2.24, 2.45) is 0 Å². The molecule has 0 aliphatic rings. The molecular weight excluding hydrogens is 238 g/mol. The number of aliphatic hydroxyl groups is 1. The van der Waals surface area contributed by atoms with Gasteiger partial charge in [0.1, 0.15) is 6.04 Å². The third kappa shape index (κ3) is 7.08. The largest absolute Gasteiger partial charge is 0.480 e. The summed E-state index contributed by atoms with van der Waals surface area (Å²) in [6, 6.07) is -1.48. The van der Waals surface area contributed by atoms with Gasteiger partial charge in [-0.3, -0.25) is 0 Å². The first-order valence-electron chi connectivity index (χ1n) is 5.88. The fraction of sp³-hybridized carbons (Fsp3) is 0.818. The number of carboxylic acids is 1. The van der Waals surface area contributed by atoms with Crippen LogP contribution in [0.15, 0.2) is 0 Å². The molecule has 0 aliphatic carbocycles. The number of carbonyl (C=O) groups excluding carboxylic acids is 1. The van der Waals surface area contributed by atoms with E-state index in [0.29, 0.717) is 6.54 Å². The van der Waals surface area contributed by atoms with Crippen LogP contribution in [0.3, 0.4) is 0 Å². The highest BCUT2D eigenvalue weighted by atomic mass is 16.4. The molecule has 18 heavy (non-hydrogen) atoms. The molecule has 3 N–H and O–H groups in total. The molecule has 0 saturated heterocycles. The third-order valence-corrected chi connectivity index (χ3v) is 2.46. The number of rotatable bonds is 8. The Balaban J connectivity index is 4.08. The van der Waals surface area contributed by atoms with E-state index in [0.717, 1.165) is 13.0 Å². The molecule has 7 heteroatoms. The lowest BCUT2D eigenvalue weighted by Gasteiger charge is -2.21. The summed E-state index contributed by atoms with van der Waals surface area (Å²) in [6.07, 6.45) is 0.821. The van der Waals surface area contributed by atoms with Gasteiger partial charge in [-0.2, -0.15) is 0 Å². The number of hydrogen-bond donors (Lipinski definition) is 3. The van der Waals surface area contributed by atoms with E-state index in [-0.39, 0.29) is 13.0 Å². The van der Waals surface area contributed by atoms with Gasteiger partial charge in [-0.1, -0.05) is 0 Å². The van der Waals surface area contributed by atoms with Crippen molar-refractivity contribution in [3.8, 4) is 0 Å².